The first-order chi connectivity index (χ1) is 24.2. The highest BCUT2D eigenvalue weighted by molar-refractivity contribution is 6.23. The fourth-order valence-electron chi connectivity index (χ4n) is 6.98. The molecular formula is C36H31FN8O5. The molecule has 5 heterocycles. The number of anilines is 1. The Hall–Kier alpha value is -6.02. The van der Waals surface area contributed by atoms with E-state index in [0.717, 1.165) is 22.3 Å². The van der Waals surface area contributed by atoms with Gasteiger partial charge in [0.1, 0.15) is 41.2 Å². The number of fused-ring (bicyclic) bond motifs is 2. The Bertz CT molecular complexity index is 2180. The fraction of sp³-hybridized carbons (Fsp3) is 0.250. The van der Waals surface area contributed by atoms with E-state index in [2.05, 4.69) is 20.2 Å². The monoisotopic (exact) mass is 674 g/mol. The average molecular weight is 675 g/mol. The number of likely N-dealkylation sites (tertiary alicyclic amines) is 1. The van der Waals surface area contributed by atoms with Crippen LogP contribution in [0.2, 0.25) is 0 Å². The molecule has 14 heteroatoms. The van der Waals surface area contributed by atoms with E-state index in [-0.39, 0.29) is 42.1 Å². The van der Waals surface area contributed by atoms with Crippen LogP contribution in [0.5, 0.6) is 11.5 Å². The smallest absolute Gasteiger partial charge is 0.262 e. The van der Waals surface area contributed by atoms with Crippen LogP contribution in [0.3, 0.4) is 0 Å². The number of halogens is 1. The van der Waals surface area contributed by atoms with E-state index in [4.69, 9.17) is 15.6 Å². The van der Waals surface area contributed by atoms with Gasteiger partial charge >= 0.3 is 0 Å². The molecule has 0 bridgehead atoms. The lowest BCUT2D eigenvalue weighted by molar-refractivity contribution is -0.136. The molecule has 1 atom stereocenters. The maximum absolute atomic E-state index is 15.4. The van der Waals surface area contributed by atoms with Gasteiger partial charge in [0.05, 0.1) is 22.6 Å². The van der Waals surface area contributed by atoms with E-state index in [0.29, 0.717) is 54.2 Å². The molecule has 0 unspecified atom stereocenters. The Labute approximate surface area is 284 Å². The van der Waals surface area contributed by atoms with Crippen LogP contribution in [-0.2, 0) is 16.1 Å². The second-order valence-corrected chi connectivity index (χ2v) is 12.6. The molecule has 3 aliphatic heterocycles. The van der Waals surface area contributed by atoms with E-state index in [1.165, 1.54) is 12.4 Å². The predicted octanol–water partition coefficient (Wildman–Crippen LogP) is 4.25. The van der Waals surface area contributed by atoms with E-state index in [9.17, 15) is 19.2 Å². The van der Waals surface area contributed by atoms with Crippen LogP contribution in [0.15, 0.2) is 73.1 Å². The minimum atomic E-state index is -1.11. The van der Waals surface area contributed by atoms with Crippen molar-refractivity contribution in [2.75, 3.05) is 18.8 Å². The molecule has 3 aromatic carbocycles. The van der Waals surface area contributed by atoms with Crippen LogP contribution in [0.1, 0.15) is 58.0 Å². The minimum Gasteiger partial charge on any atom is -0.457 e. The Morgan fingerprint density at radius 1 is 0.880 bits per heavy atom. The number of piperidine rings is 2. The number of hydrogen-bond acceptors (Lipinski definition) is 10. The van der Waals surface area contributed by atoms with Gasteiger partial charge in [0, 0.05) is 37.2 Å². The van der Waals surface area contributed by atoms with Crippen molar-refractivity contribution in [3.63, 3.8) is 0 Å². The number of carbonyl (C=O) groups excluding carboxylic acids is 4. The molecule has 0 saturated carbocycles. The van der Waals surface area contributed by atoms with Crippen molar-refractivity contribution in [3.8, 4) is 22.8 Å². The van der Waals surface area contributed by atoms with Crippen LogP contribution in [0, 0.1) is 5.82 Å². The first-order valence-electron chi connectivity index (χ1n) is 16.3. The molecular weight excluding hydrogens is 643 g/mol. The number of nitrogens with two attached hydrogens (primary N) is 1. The van der Waals surface area contributed by atoms with Crippen molar-refractivity contribution in [3.05, 3.63) is 95.6 Å². The summed E-state index contributed by atoms with van der Waals surface area (Å²) in [4.78, 5) is 62.1. The molecule has 2 saturated heterocycles. The highest BCUT2D eigenvalue weighted by Gasteiger charge is 2.45. The van der Waals surface area contributed by atoms with Gasteiger partial charge in [0.15, 0.2) is 5.65 Å². The van der Waals surface area contributed by atoms with Crippen LogP contribution < -0.4 is 15.8 Å². The molecule has 0 spiro atoms. The highest BCUT2D eigenvalue weighted by atomic mass is 19.1. The number of para-hydroxylation sites is 1. The maximum Gasteiger partial charge on any atom is 0.262 e. The van der Waals surface area contributed by atoms with Crippen molar-refractivity contribution < 1.29 is 28.3 Å². The van der Waals surface area contributed by atoms with Crippen molar-refractivity contribution >= 4 is 40.5 Å². The number of nitrogens with one attached hydrogen (secondary N) is 1. The standard InChI is InChI=1S/C36H31FN8O5/c37-27-17-26-25(35(48)44(36(26)49)28-10-11-29(46)41-34(28)47)16-21(27)18-43-14-12-22(13-15-43)45-33-30(32(38)39-19-40-33)31(42-45)20-6-8-24(9-7-20)50-23-4-2-1-3-5-23/h1-9,16-17,19,22,28H,10-15,18H2,(H2,38,39,40)(H,41,46,47)/t28-/m0/s1. The van der Waals surface area contributed by atoms with Crippen LogP contribution in [0.4, 0.5) is 10.2 Å². The lowest BCUT2D eigenvalue weighted by Crippen LogP contribution is -2.54. The second kappa shape index (κ2) is 12.5. The van der Waals surface area contributed by atoms with Crippen molar-refractivity contribution in [1.29, 1.82) is 0 Å². The molecule has 2 aromatic heterocycles. The molecule has 3 N–H and O–H groups in total. The SMILES string of the molecule is Nc1ncnc2c1c(-c1ccc(Oc3ccccc3)cc1)nn2C1CCN(Cc2cc3c(cc2F)C(=O)N([C@H]2CCC(=O)NC2=O)C3=O)CC1. The molecule has 8 rings (SSSR count). The molecule has 2 fully saturated rings. The van der Waals surface area contributed by atoms with Crippen LogP contribution in [-0.4, -0.2) is 72.3 Å². The number of nitrogens with zero attached hydrogens (tertiary/aromatic N) is 6. The molecule has 50 heavy (non-hydrogen) atoms. The van der Waals surface area contributed by atoms with Gasteiger partial charge < -0.3 is 10.5 Å². The lowest BCUT2D eigenvalue weighted by atomic mass is 10.0. The van der Waals surface area contributed by atoms with Gasteiger partial charge in [0.25, 0.3) is 11.8 Å². The Kier molecular flexibility index (Phi) is 7.79. The fourth-order valence-corrected chi connectivity index (χ4v) is 6.98. The molecule has 13 nitrogen and oxygen atoms in total. The van der Waals surface area contributed by atoms with Crippen molar-refractivity contribution in [2.45, 2.75) is 44.3 Å². The van der Waals surface area contributed by atoms with Gasteiger partial charge in [-0.25, -0.2) is 19.0 Å². The zero-order valence-electron chi connectivity index (χ0n) is 26.7. The third-order valence-corrected chi connectivity index (χ3v) is 9.53. The number of rotatable bonds is 7. The van der Waals surface area contributed by atoms with Gasteiger partial charge in [-0.3, -0.25) is 34.3 Å². The zero-order valence-corrected chi connectivity index (χ0v) is 26.7. The summed E-state index contributed by atoms with van der Waals surface area (Å²) in [6.45, 7) is 1.45. The molecule has 252 valence electrons. The van der Waals surface area contributed by atoms with E-state index in [1.54, 1.807) is 0 Å². The van der Waals surface area contributed by atoms with E-state index >= 15 is 4.39 Å². The summed E-state index contributed by atoms with van der Waals surface area (Å²) in [6.07, 6.45) is 2.85. The van der Waals surface area contributed by atoms with Gasteiger partial charge in [-0.05, 0) is 67.8 Å². The summed E-state index contributed by atoms with van der Waals surface area (Å²) in [5.41, 5.74) is 8.74. The molecule has 5 aromatic rings. The van der Waals surface area contributed by atoms with Crippen LogP contribution >= 0.6 is 0 Å². The largest absolute Gasteiger partial charge is 0.457 e. The Balaban J connectivity index is 0.978. The number of ether oxygens (including phenoxy) is 1. The predicted molar refractivity (Wildman–Crippen MR) is 178 cm³/mol. The van der Waals surface area contributed by atoms with Gasteiger partial charge in [-0.15, -0.1) is 0 Å². The number of imide groups is 2. The third-order valence-electron chi connectivity index (χ3n) is 9.53. The summed E-state index contributed by atoms with van der Waals surface area (Å²) in [7, 11) is 0. The van der Waals surface area contributed by atoms with Crippen LogP contribution in [0.25, 0.3) is 22.3 Å². The Morgan fingerprint density at radius 2 is 1.58 bits per heavy atom. The summed E-state index contributed by atoms with van der Waals surface area (Å²) in [5, 5.41) is 7.82. The minimum absolute atomic E-state index is 0.00701. The van der Waals surface area contributed by atoms with Gasteiger partial charge in [-0.1, -0.05) is 18.2 Å². The first-order valence-corrected chi connectivity index (χ1v) is 16.3. The lowest BCUT2D eigenvalue weighted by Gasteiger charge is -2.32. The average Bonchev–Trinajstić information content (AvgIpc) is 3.62. The first kappa shape index (κ1) is 31.3. The molecule has 0 aliphatic carbocycles. The number of amides is 4. The number of nitrogen functional groups attached to an aromatic ring is 1. The number of aromatic nitrogens is 4. The number of carbonyl (C=O) groups is 4. The van der Waals surface area contributed by atoms with Gasteiger partial charge in [0.2, 0.25) is 11.8 Å². The topological polar surface area (TPSA) is 166 Å². The Morgan fingerprint density at radius 3 is 2.30 bits per heavy atom. The second-order valence-electron chi connectivity index (χ2n) is 12.6. The van der Waals surface area contributed by atoms with Crippen molar-refractivity contribution in [2.24, 2.45) is 0 Å². The third kappa shape index (κ3) is 5.52. The molecule has 4 amide bonds. The summed E-state index contributed by atoms with van der Waals surface area (Å²) < 4.78 is 23.2. The van der Waals surface area contributed by atoms with Crippen molar-refractivity contribution in [1.82, 2.24) is 34.9 Å². The normalized spacial score (nSPS) is 18.5. The van der Waals surface area contributed by atoms with E-state index in [1.807, 2.05) is 59.3 Å². The molecule has 0 radical (unpaired) electrons. The summed E-state index contributed by atoms with van der Waals surface area (Å²) in [5.74, 6) is -1.43. The zero-order chi connectivity index (χ0) is 34.5. The number of hydrogen-bond donors (Lipinski definition) is 2. The number of benzene rings is 3. The quantitative estimate of drug-likeness (QED) is 0.239. The summed E-state index contributed by atoms with van der Waals surface area (Å²) in [6, 6.07) is 18.5. The molecule has 3 aliphatic rings. The summed E-state index contributed by atoms with van der Waals surface area (Å²) >= 11 is 0. The maximum atomic E-state index is 15.4. The highest BCUT2D eigenvalue weighted by Crippen LogP contribution is 2.36. The van der Waals surface area contributed by atoms with Gasteiger partial charge in [-0.2, -0.15) is 5.10 Å². The van der Waals surface area contributed by atoms with E-state index < -0.39 is 35.5 Å².